The molecular weight excluding hydrogens is 426 g/mol. The third-order valence-corrected chi connectivity index (χ3v) is 4.81. The van der Waals surface area contributed by atoms with Crippen LogP contribution in [0.2, 0.25) is 0 Å². The van der Waals surface area contributed by atoms with Crippen LogP contribution in [0.25, 0.3) is 24.3 Å². The molecule has 34 heavy (non-hydrogen) atoms. The van der Waals surface area contributed by atoms with Gasteiger partial charge in [0, 0.05) is 31.9 Å². The van der Waals surface area contributed by atoms with E-state index in [0.29, 0.717) is 28.2 Å². The molecular formula is C28H27N3O3. The molecule has 0 atom stereocenters. The Balaban J connectivity index is 2.27. The van der Waals surface area contributed by atoms with E-state index in [1.54, 1.807) is 6.07 Å². The van der Waals surface area contributed by atoms with E-state index in [-0.39, 0.29) is 17.7 Å². The molecule has 3 N–H and O–H groups in total. The van der Waals surface area contributed by atoms with Crippen LogP contribution in [0.3, 0.4) is 0 Å². The van der Waals surface area contributed by atoms with Gasteiger partial charge in [-0.25, -0.2) is 0 Å². The molecule has 0 spiro atoms. The molecule has 0 radical (unpaired) electrons. The van der Waals surface area contributed by atoms with Crippen LogP contribution in [-0.2, 0) is 14.4 Å². The molecule has 0 aromatic heterocycles. The summed E-state index contributed by atoms with van der Waals surface area (Å²) in [6.07, 6.45) is 7.47. The van der Waals surface area contributed by atoms with Crippen LogP contribution in [0.1, 0.15) is 43.0 Å². The maximum atomic E-state index is 12.2. The second kappa shape index (κ2) is 11.4. The highest BCUT2D eigenvalue weighted by atomic mass is 16.2. The monoisotopic (exact) mass is 453 g/mol. The largest absolute Gasteiger partial charge is 0.326 e. The summed E-state index contributed by atoms with van der Waals surface area (Å²) in [4.78, 5) is 36.2. The van der Waals surface area contributed by atoms with Crippen molar-refractivity contribution in [1.29, 1.82) is 0 Å². The van der Waals surface area contributed by atoms with Gasteiger partial charge < -0.3 is 16.0 Å². The quantitative estimate of drug-likeness (QED) is 0.389. The SMILES string of the molecule is CC(=O)Nc1cc(NC(C)=O)c(/C=C/c2ccccc2)c(NC(C)=O)c1/C=C/c1ccccc1. The Hall–Kier alpha value is -4.45. The lowest BCUT2D eigenvalue weighted by molar-refractivity contribution is -0.115. The van der Waals surface area contributed by atoms with Crippen LogP contribution >= 0.6 is 0 Å². The molecule has 0 bridgehead atoms. The van der Waals surface area contributed by atoms with Gasteiger partial charge in [-0.1, -0.05) is 85.0 Å². The topological polar surface area (TPSA) is 87.3 Å². The Morgan fingerprint density at radius 1 is 0.559 bits per heavy atom. The fourth-order valence-corrected chi connectivity index (χ4v) is 3.44. The van der Waals surface area contributed by atoms with E-state index in [2.05, 4.69) is 16.0 Å². The highest BCUT2D eigenvalue weighted by Gasteiger charge is 2.18. The first-order valence-electron chi connectivity index (χ1n) is 10.8. The number of anilines is 3. The third-order valence-electron chi connectivity index (χ3n) is 4.81. The van der Waals surface area contributed by atoms with E-state index < -0.39 is 0 Å². The molecule has 0 saturated heterocycles. The van der Waals surface area contributed by atoms with Gasteiger partial charge in [0.05, 0.1) is 17.1 Å². The Morgan fingerprint density at radius 3 is 1.29 bits per heavy atom. The minimum atomic E-state index is -0.280. The van der Waals surface area contributed by atoms with Crippen LogP contribution in [0.5, 0.6) is 0 Å². The van der Waals surface area contributed by atoms with Crippen molar-refractivity contribution in [2.24, 2.45) is 0 Å². The maximum Gasteiger partial charge on any atom is 0.221 e. The van der Waals surface area contributed by atoms with Gasteiger partial charge in [0.1, 0.15) is 0 Å². The highest BCUT2D eigenvalue weighted by Crippen LogP contribution is 2.38. The first kappa shape index (κ1) is 24.2. The summed E-state index contributed by atoms with van der Waals surface area (Å²) in [5.41, 5.74) is 4.52. The van der Waals surface area contributed by atoms with Gasteiger partial charge in [0.2, 0.25) is 17.7 Å². The number of nitrogens with one attached hydrogen (secondary N) is 3. The standard InChI is InChI=1S/C28H27N3O3/c1-19(32)29-26-18-27(30-20(2)33)25(17-15-23-12-8-5-9-13-23)28(31-21(3)34)24(26)16-14-22-10-6-4-7-11-22/h4-18H,1-3H3,(H,29,32)(H,30,33)(H,31,34)/b16-14+,17-15+. The summed E-state index contributed by atoms with van der Waals surface area (Å²) in [5.74, 6) is -0.827. The van der Waals surface area contributed by atoms with Crippen molar-refractivity contribution < 1.29 is 14.4 Å². The summed E-state index contributed by atoms with van der Waals surface area (Å²) in [7, 11) is 0. The zero-order valence-electron chi connectivity index (χ0n) is 19.4. The molecule has 3 rings (SSSR count). The molecule has 0 aliphatic carbocycles. The predicted octanol–water partition coefficient (Wildman–Crippen LogP) is 5.90. The van der Waals surface area contributed by atoms with Gasteiger partial charge in [0.15, 0.2) is 0 Å². The van der Waals surface area contributed by atoms with Gasteiger partial charge in [-0.15, -0.1) is 0 Å². The Labute approximate surface area is 199 Å². The minimum absolute atomic E-state index is 0.274. The zero-order chi connectivity index (χ0) is 24.5. The molecule has 6 nitrogen and oxygen atoms in total. The smallest absolute Gasteiger partial charge is 0.221 e. The normalized spacial score (nSPS) is 10.9. The lowest BCUT2D eigenvalue weighted by atomic mass is 9.99. The summed E-state index contributed by atoms with van der Waals surface area (Å²) in [6, 6.07) is 21.1. The summed E-state index contributed by atoms with van der Waals surface area (Å²) >= 11 is 0. The number of benzene rings is 3. The van der Waals surface area contributed by atoms with Crippen molar-refractivity contribution in [3.8, 4) is 0 Å². The third kappa shape index (κ3) is 6.77. The summed E-state index contributed by atoms with van der Waals surface area (Å²) in [6.45, 7) is 4.23. The van der Waals surface area contributed by atoms with E-state index >= 15 is 0 Å². The zero-order valence-corrected chi connectivity index (χ0v) is 19.4. The van der Waals surface area contributed by atoms with Gasteiger partial charge in [-0.2, -0.15) is 0 Å². The Morgan fingerprint density at radius 2 is 0.941 bits per heavy atom. The van der Waals surface area contributed by atoms with Gasteiger partial charge in [-0.3, -0.25) is 14.4 Å². The molecule has 0 aliphatic rings. The Kier molecular flexibility index (Phi) is 8.13. The lowest BCUT2D eigenvalue weighted by Gasteiger charge is -2.20. The van der Waals surface area contributed by atoms with Crippen molar-refractivity contribution in [2.45, 2.75) is 20.8 Å². The molecule has 0 saturated carbocycles. The fraction of sp³-hybridized carbons (Fsp3) is 0.107. The second-order valence-electron chi connectivity index (χ2n) is 7.71. The van der Waals surface area contributed by atoms with Crippen molar-refractivity contribution >= 4 is 59.1 Å². The first-order chi connectivity index (χ1) is 16.3. The van der Waals surface area contributed by atoms with Crippen LogP contribution in [0.4, 0.5) is 17.1 Å². The molecule has 0 unspecified atom stereocenters. The maximum absolute atomic E-state index is 12.2. The molecule has 0 aliphatic heterocycles. The van der Waals surface area contributed by atoms with Crippen molar-refractivity contribution in [3.05, 3.63) is 89.0 Å². The fourth-order valence-electron chi connectivity index (χ4n) is 3.44. The van der Waals surface area contributed by atoms with Crippen molar-refractivity contribution in [2.75, 3.05) is 16.0 Å². The average molecular weight is 454 g/mol. The van der Waals surface area contributed by atoms with Gasteiger partial charge >= 0.3 is 0 Å². The second-order valence-corrected chi connectivity index (χ2v) is 7.71. The molecule has 3 amide bonds. The van der Waals surface area contributed by atoms with Gasteiger partial charge in [-0.05, 0) is 17.2 Å². The van der Waals surface area contributed by atoms with E-state index in [1.807, 2.05) is 85.0 Å². The summed E-state index contributed by atoms with van der Waals surface area (Å²) in [5, 5.41) is 8.54. The molecule has 3 aromatic carbocycles. The van der Waals surface area contributed by atoms with E-state index in [9.17, 15) is 14.4 Å². The van der Waals surface area contributed by atoms with E-state index in [1.165, 1.54) is 20.8 Å². The molecule has 0 fully saturated rings. The van der Waals surface area contributed by atoms with E-state index in [0.717, 1.165) is 11.1 Å². The summed E-state index contributed by atoms with van der Waals surface area (Å²) < 4.78 is 0. The number of hydrogen-bond acceptors (Lipinski definition) is 3. The minimum Gasteiger partial charge on any atom is -0.326 e. The molecule has 172 valence electrons. The van der Waals surface area contributed by atoms with E-state index in [4.69, 9.17) is 0 Å². The van der Waals surface area contributed by atoms with Crippen LogP contribution in [0, 0.1) is 0 Å². The van der Waals surface area contributed by atoms with Crippen LogP contribution in [0.15, 0.2) is 66.7 Å². The first-order valence-corrected chi connectivity index (χ1v) is 10.8. The number of amides is 3. The highest BCUT2D eigenvalue weighted by molar-refractivity contribution is 6.06. The number of carbonyl (C=O) groups is 3. The number of rotatable bonds is 7. The van der Waals surface area contributed by atoms with Crippen molar-refractivity contribution in [3.63, 3.8) is 0 Å². The van der Waals surface area contributed by atoms with Crippen LogP contribution < -0.4 is 16.0 Å². The molecule has 3 aromatic rings. The lowest BCUT2D eigenvalue weighted by Crippen LogP contribution is -2.15. The van der Waals surface area contributed by atoms with Gasteiger partial charge in [0.25, 0.3) is 0 Å². The predicted molar refractivity (Wildman–Crippen MR) is 140 cm³/mol. The van der Waals surface area contributed by atoms with Crippen molar-refractivity contribution in [1.82, 2.24) is 0 Å². The average Bonchev–Trinajstić information content (AvgIpc) is 2.78. The molecule has 0 heterocycles. The number of hydrogen-bond donors (Lipinski definition) is 3. The molecule has 6 heteroatoms. The Bertz CT molecular complexity index is 1160. The number of carbonyl (C=O) groups excluding carboxylic acids is 3. The van der Waals surface area contributed by atoms with Crippen LogP contribution in [-0.4, -0.2) is 17.7 Å².